The number of aromatic nitrogens is 2. The standard InChI is InChI=1S/C10H18N4/c1-13(2)9-4-7-14(8-5-9)10-3-6-11-12-10/h3,6,9H,4-5,7-8H2,1-2H3,(H,11,12). The van der Waals surface area contributed by atoms with Crippen LogP contribution < -0.4 is 4.90 Å². The van der Waals surface area contributed by atoms with Crippen LogP contribution >= 0.6 is 0 Å². The van der Waals surface area contributed by atoms with Gasteiger partial charge in [-0.15, -0.1) is 0 Å². The number of nitrogens with zero attached hydrogens (tertiary/aromatic N) is 3. The van der Waals surface area contributed by atoms with Crippen LogP contribution in [-0.2, 0) is 0 Å². The molecule has 1 N–H and O–H groups in total. The van der Waals surface area contributed by atoms with Gasteiger partial charge in [-0.25, -0.2) is 0 Å². The van der Waals surface area contributed by atoms with E-state index in [1.807, 2.05) is 12.3 Å². The molecule has 2 rings (SSSR count). The van der Waals surface area contributed by atoms with Gasteiger partial charge < -0.3 is 9.80 Å². The molecule has 0 aliphatic carbocycles. The zero-order valence-electron chi connectivity index (χ0n) is 8.90. The summed E-state index contributed by atoms with van der Waals surface area (Å²) in [5, 5.41) is 6.99. The van der Waals surface area contributed by atoms with Crippen LogP contribution in [0.15, 0.2) is 12.3 Å². The topological polar surface area (TPSA) is 35.2 Å². The first-order valence-corrected chi connectivity index (χ1v) is 5.18. The highest BCUT2D eigenvalue weighted by Gasteiger charge is 2.20. The van der Waals surface area contributed by atoms with Crippen LogP contribution in [0.3, 0.4) is 0 Å². The minimum absolute atomic E-state index is 0.745. The van der Waals surface area contributed by atoms with E-state index in [0.29, 0.717) is 0 Å². The Balaban J connectivity index is 1.90. The number of rotatable bonds is 2. The maximum Gasteiger partial charge on any atom is 0.123 e. The van der Waals surface area contributed by atoms with Crippen LogP contribution in [0.1, 0.15) is 12.8 Å². The maximum atomic E-state index is 3.97. The first-order valence-electron chi connectivity index (χ1n) is 5.18. The number of H-pyrrole nitrogens is 1. The molecule has 2 heterocycles. The molecule has 4 heteroatoms. The zero-order valence-corrected chi connectivity index (χ0v) is 8.90. The number of nitrogens with one attached hydrogen (secondary N) is 1. The molecule has 1 aromatic heterocycles. The van der Waals surface area contributed by atoms with Crippen LogP contribution in [0.2, 0.25) is 0 Å². The molecule has 1 saturated heterocycles. The van der Waals surface area contributed by atoms with Gasteiger partial charge in [-0.3, -0.25) is 5.10 Å². The third-order valence-electron chi connectivity index (χ3n) is 3.02. The molecule has 78 valence electrons. The molecule has 0 unspecified atom stereocenters. The van der Waals surface area contributed by atoms with Gasteiger partial charge in [0.2, 0.25) is 0 Å². The molecular weight excluding hydrogens is 176 g/mol. The van der Waals surface area contributed by atoms with Crippen LogP contribution in [0.25, 0.3) is 0 Å². The summed E-state index contributed by atoms with van der Waals surface area (Å²) < 4.78 is 0. The van der Waals surface area contributed by atoms with Gasteiger partial charge >= 0.3 is 0 Å². The summed E-state index contributed by atoms with van der Waals surface area (Å²) in [5.41, 5.74) is 0. The van der Waals surface area contributed by atoms with Crippen molar-refractivity contribution < 1.29 is 0 Å². The summed E-state index contributed by atoms with van der Waals surface area (Å²) in [6.45, 7) is 2.26. The highest BCUT2D eigenvalue weighted by Crippen LogP contribution is 2.18. The summed E-state index contributed by atoms with van der Waals surface area (Å²) in [6, 6.07) is 2.78. The van der Waals surface area contributed by atoms with Crippen molar-refractivity contribution in [3.05, 3.63) is 12.3 Å². The minimum Gasteiger partial charge on any atom is -0.357 e. The largest absolute Gasteiger partial charge is 0.357 e. The van der Waals surface area contributed by atoms with Crippen molar-refractivity contribution >= 4 is 5.82 Å². The summed E-state index contributed by atoms with van der Waals surface area (Å²) in [4.78, 5) is 4.69. The lowest BCUT2D eigenvalue weighted by atomic mass is 10.0. The second kappa shape index (κ2) is 4.00. The molecule has 0 amide bonds. The Morgan fingerprint density at radius 2 is 2.14 bits per heavy atom. The van der Waals surface area contributed by atoms with Crippen molar-refractivity contribution in [3.63, 3.8) is 0 Å². The smallest absolute Gasteiger partial charge is 0.123 e. The number of hydrogen-bond acceptors (Lipinski definition) is 3. The van der Waals surface area contributed by atoms with Gasteiger partial charge in [-0.1, -0.05) is 0 Å². The van der Waals surface area contributed by atoms with Crippen molar-refractivity contribution in [3.8, 4) is 0 Å². The highest BCUT2D eigenvalue weighted by atomic mass is 15.3. The Kier molecular flexibility index (Phi) is 2.72. The second-order valence-corrected chi connectivity index (χ2v) is 4.12. The molecule has 0 aromatic carbocycles. The monoisotopic (exact) mass is 194 g/mol. The molecule has 14 heavy (non-hydrogen) atoms. The molecule has 0 radical (unpaired) electrons. The fourth-order valence-electron chi connectivity index (χ4n) is 2.05. The Labute approximate surface area is 84.9 Å². The van der Waals surface area contributed by atoms with Crippen molar-refractivity contribution in [1.82, 2.24) is 15.1 Å². The Bertz CT molecular complexity index is 260. The van der Waals surface area contributed by atoms with Crippen LogP contribution in [0.4, 0.5) is 5.82 Å². The van der Waals surface area contributed by atoms with E-state index >= 15 is 0 Å². The molecule has 1 aliphatic rings. The number of anilines is 1. The lowest BCUT2D eigenvalue weighted by molar-refractivity contribution is 0.249. The molecule has 0 spiro atoms. The molecule has 0 atom stereocenters. The average molecular weight is 194 g/mol. The lowest BCUT2D eigenvalue weighted by Crippen LogP contribution is -2.42. The predicted octanol–water partition coefficient (Wildman–Crippen LogP) is 0.940. The third kappa shape index (κ3) is 1.90. The van der Waals surface area contributed by atoms with E-state index in [-0.39, 0.29) is 0 Å². The van der Waals surface area contributed by atoms with Crippen molar-refractivity contribution in [2.75, 3.05) is 32.1 Å². The molecular formula is C10H18N4. The lowest BCUT2D eigenvalue weighted by Gasteiger charge is -2.35. The van der Waals surface area contributed by atoms with E-state index in [0.717, 1.165) is 24.9 Å². The molecule has 0 saturated carbocycles. The SMILES string of the molecule is CN(C)C1CCN(c2ccn[nH]2)CC1. The Morgan fingerprint density at radius 1 is 1.43 bits per heavy atom. The summed E-state index contributed by atoms with van der Waals surface area (Å²) >= 11 is 0. The van der Waals surface area contributed by atoms with Crippen molar-refractivity contribution in [2.45, 2.75) is 18.9 Å². The van der Waals surface area contributed by atoms with Gasteiger partial charge in [0.15, 0.2) is 0 Å². The van der Waals surface area contributed by atoms with Gasteiger partial charge in [-0.2, -0.15) is 5.10 Å². The second-order valence-electron chi connectivity index (χ2n) is 4.12. The summed E-state index contributed by atoms with van der Waals surface area (Å²) in [7, 11) is 4.33. The minimum atomic E-state index is 0.745. The van der Waals surface area contributed by atoms with Crippen LogP contribution in [-0.4, -0.2) is 48.3 Å². The van der Waals surface area contributed by atoms with E-state index in [4.69, 9.17) is 0 Å². The van der Waals surface area contributed by atoms with Crippen LogP contribution in [0.5, 0.6) is 0 Å². The van der Waals surface area contributed by atoms with Gasteiger partial charge in [0.25, 0.3) is 0 Å². The molecule has 0 bridgehead atoms. The normalized spacial score (nSPS) is 19.2. The predicted molar refractivity (Wildman–Crippen MR) is 57.5 cm³/mol. The number of hydrogen-bond donors (Lipinski definition) is 1. The summed E-state index contributed by atoms with van der Waals surface area (Å²) in [6.07, 6.45) is 4.30. The zero-order chi connectivity index (χ0) is 9.97. The summed E-state index contributed by atoms with van der Waals surface area (Å²) in [5.74, 6) is 1.15. The quantitative estimate of drug-likeness (QED) is 0.761. The van der Waals surface area contributed by atoms with Gasteiger partial charge in [0.1, 0.15) is 5.82 Å². The van der Waals surface area contributed by atoms with E-state index < -0.39 is 0 Å². The molecule has 1 aliphatic heterocycles. The molecule has 1 aromatic rings. The van der Waals surface area contributed by atoms with Crippen molar-refractivity contribution in [2.24, 2.45) is 0 Å². The van der Waals surface area contributed by atoms with Gasteiger partial charge in [0.05, 0.1) is 6.20 Å². The van der Waals surface area contributed by atoms with E-state index in [9.17, 15) is 0 Å². The first kappa shape index (κ1) is 9.52. The number of piperidine rings is 1. The fourth-order valence-corrected chi connectivity index (χ4v) is 2.05. The van der Waals surface area contributed by atoms with E-state index in [1.165, 1.54) is 12.8 Å². The van der Waals surface area contributed by atoms with Crippen LogP contribution in [0, 0.1) is 0 Å². The van der Waals surface area contributed by atoms with Gasteiger partial charge in [0, 0.05) is 25.2 Å². The maximum absolute atomic E-state index is 3.97. The third-order valence-corrected chi connectivity index (χ3v) is 3.02. The number of aromatic amines is 1. The van der Waals surface area contributed by atoms with E-state index in [2.05, 4.69) is 34.1 Å². The van der Waals surface area contributed by atoms with Crippen molar-refractivity contribution in [1.29, 1.82) is 0 Å². The molecule has 1 fully saturated rings. The van der Waals surface area contributed by atoms with E-state index in [1.54, 1.807) is 0 Å². The highest BCUT2D eigenvalue weighted by molar-refractivity contribution is 5.36. The average Bonchev–Trinajstić information content (AvgIpc) is 2.71. The Morgan fingerprint density at radius 3 is 2.64 bits per heavy atom. The Hall–Kier alpha value is -1.03. The van der Waals surface area contributed by atoms with Gasteiger partial charge in [-0.05, 0) is 26.9 Å². The molecule has 4 nitrogen and oxygen atoms in total. The first-order chi connectivity index (χ1) is 6.77. The fraction of sp³-hybridized carbons (Fsp3) is 0.700.